The predicted octanol–water partition coefficient (Wildman–Crippen LogP) is 6.91. The third kappa shape index (κ3) is 4.58. The molecule has 0 radical (unpaired) electrons. The van der Waals surface area contributed by atoms with Crippen LogP contribution in [0.4, 0.5) is 13.2 Å². The first-order chi connectivity index (χ1) is 16.1. The van der Waals surface area contributed by atoms with Crippen molar-refractivity contribution < 1.29 is 27.8 Å². The van der Waals surface area contributed by atoms with Crippen LogP contribution in [0.2, 0.25) is 0 Å². The molecule has 2 atom stereocenters. The molecule has 1 aromatic heterocycles. The highest BCUT2D eigenvalue weighted by atomic mass is 19.4. The van der Waals surface area contributed by atoms with Gasteiger partial charge in [-0.25, -0.2) is 0 Å². The van der Waals surface area contributed by atoms with Gasteiger partial charge in [0.25, 0.3) is 0 Å². The van der Waals surface area contributed by atoms with E-state index in [9.17, 15) is 23.1 Å². The van der Waals surface area contributed by atoms with Crippen molar-refractivity contribution in [3.8, 4) is 0 Å². The standard InChI is InChI=1S/C27H30F3NO3/c1-16(2)18-9-12-23-22(13-18)21-6-4-5-19(14-25(32)33)26(21)31(23)24(15-34-3)17-7-10-20(11-8-17)27(28,29)30/h7-13,16,19,24H,4-6,14-15H2,1-3H3,(H,32,33). The number of carbonyl (C=O) groups is 1. The maximum Gasteiger partial charge on any atom is 0.416 e. The van der Waals surface area contributed by atoms with Gasteiger partial charge in [0.1, 0.15) is 0 Å². The number of benzene rings is 2. The molecule has 4 rings (SSSR count). The Morgan fingerprint density at radius 2 is 1.82 bits per heavy atom. The Morgan fingerprint density at radius 3 is 2.41 bits per heavy atom. The van der Waals surface area contributed by atoms with E-state index in [4.69, 9.17) is 4.74 Å². The number of fused-ring (bicyclic) bond motifs is 3. The second-order valence-corrected chi connectivity index (χ2v) is 9.44. The van der Waals surface area contributed by atoms with Crippen molar-refractivity contribution in [3.05, 3.63) is 70.4 Å². The Labute approximate surface area is 197 Å². The van der Waals surface area contributed by atoms with Crippen LogP contribution in [0.1, 0.15) is 78.9 Å². The van der Waals surface area contributed by atoms with Crippen LogP contribution in [-0.4, -0.2) is 29.4 Å². The Hall–Kier alpha value is -2.80. The summed E-state index contributed by atoms with van der Waals surface area (Å²) in [5, 5.41) is 10.7. The number of aromatic nitrogens is 1. The van der Waals surface area contributed by atoms with Crippen LogP contribution in [0, 0.1) is 0 Å². The van der Waals surface area contributed by atoms with Crippen LogP contribution in [0.25, 0.3) is 10.9 Å². The van der Waals surface area contributed by atoms with Gasteiger partial charge in [0, 0.05) is 29.6 Å². The van der Waals surface area contributed by atoms with Crippen molar-refractivity contribution in [2.45, 2.75) is 63.6 Å². The average Bonchev–Trinajstić information content (AvgIpc) is 3.11. The summed E-state index contributed by atoms with van der Waals surface area (Å²) in [6.07, 6.45) is -1.87. The number of nitrogens with zero attached hydrogens (tertiary/aromatic N) is 1. The number of ether oxygens (including phenoxy) is 1. The number of hydrogen-bond acceptors (Lipinski definition) is 2. The average molecular weight is 474 g/mol. The van der Waals surface area contributed by atoms with Gasteiger partial charge < -0.3 is 14.4 Å². The summed E-state index contributed by atoms with van der Waals surface area (Å²) in [5.74, 6) is -0.674. The SMILES string of the molecule is COCC(c1ccc(C(F)(F)F)cc1)n1c2c(c3cc(C(C)C)ccc31)CCCC2CC(=O)O. The molecule has 0 saturated heterocycles. The van der Waals surface area contributed by atoms with Crippen LogP contribution >= 0.6 is 0 Å². The van der Waals surface area contributed by atoms with Crippen molar-refractivity contribution in [1.29, 1.82) is 0 Å². The summed E-state index contributed by atoms with van der Waals surface area (Å²) in [6, 6.07) is 11.2. The third-order valence-corrected chi connectivity index (χ3v) is 6.89. The largest absolute Gasteiger partial charge is 0.481 e. The van der Waals surface area contributed by atoms with E-state index in [1.165, 1.54) is 17.7 Å². The molecule has 7 heteroatoms. The van der Waals surface area contributed by atoms with Gasteiger partial charge in [0.05, 0.1) is 24.6 Å². The van der Waals surface area contributed by atoms with Gasteiger partial charge in [0.2, 0.25) is 0 Å². The molecule has 2 unspecified atom stereocenters. The van der Waals surface area contributed by atoms with Crippen molar-refractivity contribution >= 4 is 16.9 Å². The quantitative estimate of drug-likeness (QED) is 0.405. The molecule has 1 heterocycles. The Morgan fingerprint density at radius 1 is 1.15 bits per heavy atom. The summed E-state index contributed by atoms with van der Waals surface area (Å²) in [5.41, 5.74) is 4.30. The lowest BCUT2D eigenvalue weighted by Crippen LogP contribution is -2.23. The molecule has 0 spiro atoms. The molecule has 1 N–H and O–H groups in total. The first-order valence-corrected chi connectivity index (χ1v) is 11.7. The van der Waals surface area contributed by atoms with Gasteiger partial charge in [0.15, 0.2) is 0 Å². The lowest BCUT2D eigenvalue weighted by atomic mass is 9.84. The van der Waals surface area contributed by atoms with Crippen LogP contribution in [0.3, 0.4) is 0 Å². The zero-order chi connectivity index (χ0) is 24.6. The van der Waals surface area contributed by atoms with Gasteiger partial charge in [-0.1, -0.05) is 32.0 Å². The molecule has 0 aliphatic heterocycles. The summed E-state index contributed by atoms with van der Waals surface area (Å²) >= 11 is 0. The van der Waals surface area contributed by atoms with Gasteiger partial charge in [-0.2, -0.15) is 13.2 Å². The molecule has 3 aromatic rings. The molecule has 0 fully saturated rings. The minimum atomic E-state index is -4.41. The normalized spacial score (nSPS) is 17.2. The smallest absolute Gasteiger partial charge is 0.416 e. The molecule has 4 nitrogen and oxygen atoms in total. The highest BCUT2D eigenvalue weighted by molar-refractivity contribution is 5.87. The predicted molar refractivity (Wildman–Crippen MR) is 125 cm³/mol. The fourth-order valence-electron chi connectivity index (χ4n) is 5.26. The number of aryl methyl sites for hydroxylation is 1. The van der Waals surface area contributed by atoms with E-state index in [2.05, 4.69) is 36.6 Å². The summed E-state index contributed by atoms with van der Waals surface area (Å²) in [6.45, 7) is 4.52. The highest BCUT2D eigenvalue weighted by Gasteiger charge is 2.34. The molecule has 34 heavy (non-hydrogen) atoms. The fourth-order valence-corrected chi connectivity index (χ4v) is 5.26. The Kier molecular flexibility index (Phi) is 6.76. The summed E-state index contributed by atoms with van der Waals surface area (Å²) in [7, 11) is 1.57. The lowest BCUT2D eigenvalue weighted by molar-refractivity contribution is -0.138. The van der Waals surface area contributed by atoms with Crippen molar-refractivity contribution in [2.24, 2.45) is 0 Å². The molecular weight excluding hydrogens is 443 g/mol. The van der Waals surface area contributed by atoms with Gasteiger partial charge >= 0.3 is 12.1 Å². The lowest BCUT2D eigenvalue weighted by Gasteiger charge is -2.29. The molecule has 0 saturated carbocycles. The second-order valence-electron chi connectivity index (χ2n) is 9.44. The minimum Gasteiger partial charge on any atom is -0.481 e. The first kappa shape index (κ1) is 24.3. The monoisotopic (exact) mass is 473 g/mol. The fraction of sp³-hybridized carbons (Fsp3) is 0.444. The van der Waals surface area contributed by atoms with E-state index in [1.54, 1.807) is 7.11 Å². The molecular formula is C27H30F3NO3. The number of halogens is 3. The molecule has 1 aliphatic rings. The Bertz CT molecular complexity index is 1180. The Balaban J connectivity index is 1.95. The van der Waals surface area contributed by atoms with Crippen molar-refractivity contribution in [2.75, 3.05) is 13.7 Å². The molecule has 0 amide bonds. The number of aliphatic carboxylic acids is 1. The van der Waals surface area contributed by atoms with Gasteiger partial charge in [-0.3, -0.25) is 4.79 Å². The van der Waals surface area contributed by atoms with Crippen LogP contribution in [-0.2, 0) is 22.1 Å². The number of alkyl halides is 3. The van der Waals surface area contributed by atoms with E-state index in [0.717, 1.165) is 53.6 Å². The zero-order valence-electron chi connectivity index (χ0n) is 19.7. The van der Waals surface area contributed by atoms with Crippen molar-refractivity contribution in [1.82, 2.24) is 4.57 Å². The van der Waals surface area contributed by atoms with Crippen molar-refractivity contribution in [3.63, 3.8) is 0 Å². The van der Waals surface area contributed by atoms with Crippen LogP contribution in [0.5, 0.6) is 0 Å². The first-order valence-electron chi connectivity index (χ1n) is 11.7. The number of carboxylic acids is 1. The van der Waals surface area contributed by atoms with E-state index in [0.29, 0.717) is 11.5 Å². The third-order valence-electron chi connectivity index (χ3n) is 6.89. The molecule has 1 aliphatic carbocycles. The summed E-state index contributed by atoms with van der Waals surface area (Å²) in [4.78, 5) is 11.7. The van der Waals surface area contributed by atoms with Gasteiger partial charge in [-0.15, -0.1) is 0 Å². The van der Waals surface area contributed by atoms with E-state index < -0.39 is 17.7 Å². The number of carboxylic acid groups (broad SMARTS) is 1. The van der Waals surface area contributed by atoms with E-state index in [1.807, 2.05) is 0 Å². The second kappa shape index (κ2) is 9.45. The minimum absolute atomic E-state index is 0.0209. The maximum absolute atomic E-state index is 13.2. The van der Waals surface area contributed by atoms with Crippen LogP contribution in [0.15, 0.2) is 42.5 Å². The highest BCUT2D eigenvalue weighted by Crippen LogP contribution is 2.44. The molecule has 0 bridgehead atoms. The van der Waals surface area contributed by atoms with Crippen LogP contribution < -0.4 is 0 Å². The van der Waals surface area contributed by atoms with E-state index >= 15 is 0 Å². The summed E-state index contributed by atoms with van der Waals surface area (Å²) < 4.78 is 47.2. The number of rotatable bonds is 7. The van der Waals surface area contributed by atoms with E-state index in [-0.39, 0.29) is 25.0 Å². The van der Waals surface area contributed by atoms with Gasteiger partial charge in [-0.05, 0) is 66.1 Å². The maximum atomic E-state index is 13.2. The number of methoxy groups -OCH3 is 1. The zero-order valence-corrected chi connectivity index (χ0v) is 19.7. The molecule has 182 valence electrons. The topological polar surface area (TPSA) is 51.5 Å². The molecule has 2 aromatic carbocycles. The number of hydrogen-bond donors (Lipinski definition) is 1.